The molecule has 0 bridgehead atoms. The van der Waals surface area contributed by atoms with E-state index in [-0.39, 0.29) is 0 Å². The highest BCUT2D eigenvalue weighted by atomic mass is 16.5. The summed E-state index contributed by atoms with van der Waals surface area (Å²) in [5.74, 6) is 3.21. The first-order chi connectivity index (χ1) is 19.7. The van der Waals surface area contributed by atoms with E-state index in [9.17, 15) is 0 Å². The van der Waals surface area contributed by atoms with Gasteiger partial charge in [0.05, 0.1) is 49.5 Å². The Morgan fingerprint density at radius 2 is 0.927 bits per heavy atom. The van der Waals surface area contributed by atoms with E-state index in [1.165, 1.54) is 61.6 Å². The number of hydrogen-bond acceptors (Lipinski definition) is 3. The Hall–Kier alpha value is -2.92. The van der Waals surface area contributed by atoms with Crippen molar-refractivity contribution in [3.05, 3.63) is 89.5 Å². The van der Waals surface area contributed by atoms with Gasteiger partial charge in [-0.1, -0.05) is 105 Å². The number of methoxy groups -OCH3 is 3. The monoisotopic (exact) mass is 560 g/mol. The number of nitrogens with zero attached hydrogens (tertiary/aromatic N) is 1. The van der Waals surface area contributed by atoms with Gasteiger partial charge in [0.15, 0.2) is 6.71 Å². The fourth-order valence-electron chi connectivity index (χ4n) is 5.16. The molecule has 3 aromatic rings. The molecule has 0 N–H and O–H groups in total. The third-order valence-corrected chi connectivity index (χ3v) is 7.30. The van der Waals surface area contributed by atoms with E-state index >= 15 is 0 Å². The summed E-state index contributed by atoms with van der Waals surface area (Å²) in [5, 5.41) is 0. The fourth-order valence-corrected chi connectivity index (χ4v) is 5.16. The lowest BCUT2D eigenvalue weighted by Gasteiger charge is -2.26. The topological polar surface area (TPSA) is 27.7 Å². The molecule has 0 heterocycles. The normalized spacial score (nSPS) is 11.7. The number of rotatable bonds is 16. The lowest BCUT2D eigenvalue weighted by molar-refractivity contribution is -0.849. The van der Waals surface area contributed by atoms with Gasteiger partial charge in [0.25, 0.3) is 0 Å². The lowest BCUT2D eigenvalue weighted by atomic mass is 9.34. The Morgan fingerprint density at radius 1 is 0.561 bits per heavy atom. The van der Waals surface area contributed by atoms with E-state index < -0.39 is 0 Å². The maximum absolute atomic E-state index is 5.46. The van der Waals surface area contributed by atoms with E-state index in [0.29, 0.717) is 12.5 Å². The molecule has 0 aliphatic rings. The maximum Gasteiger partial charge on any atom is 0.157 e. The third-order valence-electron chi connectivity index (χ3n) is 7.30. The first-order valence-corrected chi connectivity index (χ1v) is 15.4. The lowest BCUT2D eigenvalue weighted by Crippen LogP contribution is -2.30. The van der Waals surface area contributed by atoms with Gasteiger partial charge in [-0.2, -0.15) is 0 Å². The van der Waals surface area contributed by atoms with Gasteiger partial charge in [-0.25, -0.2) is 0 Å². The van der Waals surface area contributed by atoms with Crippen LogP contribution >= 0.6 is 0 Å². The summed E-state index contributed by atoms with van der Waals surface area (Å²) in [6.07, 6.45) is 11.2. The van der Waals surface area contributed by atoms with Crippen molar-refractivity contribution in [1.82, 2.24) is 0 Å². The molecule has 224 valence electrons. The van der Waals surface area contributed by atoms with Crippen molar-refractivity contribution in [1.29, 1.82) is 0 Å². The summed E-state index contributed by atoms with van der Waals surface area (Å²) in [7, 11) is 13.7. The van der Waals surface area contributed by atoms with Gasteiger partial charge in [0.1, 0.15) is 17.2 Å². The first-order valence-electron chi connectivity index (χ1n) is 15.4. The van der Waals surface area contributed by atoms with Gasteiger partial charge in [-0.15, -0.1) is 0 Å². The molecule has 0 aliphatic heterocycles. The highest BCUT2D eigenvalue weighted by Crippen LogP contribution is 2.31. The first kappa shape index (κ1) is 34.3. The predicted octanol–water partition coefficient (Wildman–Crippen LogP) is 8.47. The summed E-state index contributed by atoms with van der Waals surface area (Å²) in [6, 6.07) is 26.0. The molecule has 0 fully saturated rings. The molecule has 3 rings (SSSR count). The van der Waals surface area contributed by atoms with Crippen LogP contribution in [0.25, 0.3) is 0 Å². The molecule has 1 unspecified atom stereocenters. The quantitative estimate of drug-likeness (QED) is 0.0999. The Labute approximate surface area is 251 Å². The minimum Gasteiger partial charge on any atom is -0.497 e. The van der Waals surface area contributed by atoms with Crippen molar-refractivity contribution in [3.63, 3.8) is 0 Å². The van der Waals surface area contributed by atoms with Crippen molar-refractivity contribution in [2.75, 3.05) is 49.5 Å². The van der Waals surface area contributed by atoms with Crippen LogP contribution < -0.4 is 14.2 Å². The molecule has 5 heteroatoms. The summed E-state index contributed by atoms with van der Waals surface area (Å²) in [6.45, 7) is 2.76. The standard InChI is InChI=1S/C32H43BO3.C4H12N/c1-5-6-7-8-9-10-11-32(28-16-22-31(36-4)23-17-28)33(24-26-12-18-29(34-2)19-13-26)25-27-14-20-30(35-3)21-15-27;1-5(2,3)4/h12-23,32H,5-11,24-25H2,1-4H3;1-4H3/q;+1. The van der Waals surface area contributed by atoms with Crippen LogP contribution in [0.2, 0.25) is 0 Å². The minimum atomic E-state index is 0.478. The van der Waals surface area contributed by atoms with Crippen molar-refractivity contribution in [3.8, 4) is 17.2 Å². The van der Waals surface area contributed by atoms with Gasteiger partial charge in [0.2, 0.25) is 0 Å². The maximum atomic E-state index is 5.46. The smallest absolute Gasteiger partial charge is 0.157 e. The number of hydrogen-bond donors (Lipinski definition) is 0. The van der Waals surface area contributed by atoms with Crippen LogP contribution in [0, 0.1) is 0 Å². The molecule has 0 saturated carbocycles. The van der Waals surface area contributed by atoms with Gasteiger partial charge < -0.3 is 18.7 Å². The molecule has 41 heavy (non-hydrogen) atoms. The Morgan fingerprint density at radius 3 is 1.32 bits per heavy atom. The largest absolute Gasteiger partial charge is 0.497 e. The molecular formula is C36H55BNO3+. The number of unbranched alkanes of at least 4 members (excludes halogenated alkanes) is 5. The molecule has 4 nitrogen and oxygen atoms in total. The predicted molar refractivity (Wildman–Crippen MR) is 177 cm³/mol. The van der Waals surface area contributed by atoms with E-state index in [2.05, 4.69) is 108 Å². The molecule has 1 atom stereocenters. The van der Waals surface area contributed by atoms with Crippen LogP contribution in [0.3, 0.4) is 0 Å². The van der Waals surface area contributed by atoms with Gasteiger partial charge >= 0.3 is 0 Å². The average molecular weight is 561 g/mol. The zero-order valence-corrected chi connectivity index (χ0v) is 27.1. The molecular weight excluding hydrogens is 505 g/mol. The Kier molecular flexibility index (Phi) is 15.5. The highest BCUT2D eigenvalue weighted by Gasteiger charge is 2.27. The summed E-state index contributed by atoms with van der Waals surface area (Å²) in [4.78, 5) is 0. The van der Waals surface area contributed by atoms with Gasteiger partial charge in [0, 0.05) is 0 Å². The van der Waals surface area contributed by atoms with Crippen LogP contribution in [0.5, 0.6) is 17.2 Å². The van der Waals surface area contributed by atoms with Gasteiger partial charge in [-0.3, -0.25) is 0 Å². The molecule has 0 radical (unpaired) electrons. The van der Waals surface area contributed by atoms with Crippen molar-refractivity contribution < 1.29 is 18.7 Å². The van der Waals surface area contributed by atoms with Crippen molar-refractivity contribution >= 4 is 6.71 Å². The molecule has 3 aromatic carbocycles. The fraction of sp³-hybridized carbons (Fsp3) is 0.500. The van der Waals surface area contributed by atoms with E-state index in [1.807, 2.05) is 0 Å². The SMILES string of the molecule is CCCCCCCCC(B(Cc1ccc(OC)cc1)Cc1ccc(OC)cc1)c1ccc(OC)cc1.C[N+](C)(C)C. The van der Waals surface area contributed by atoms with Crippen LogP contribution in [0.1, 0.15) is 74.4 Å². The van der Waals surface area contributed by atoms with Crippen molar-refractivity contribution in [2.24, 2.45) is 0 Å². The number of benzene rings is 3. The second-order valence-electron chi connectivity index (χ2n) is 12.5. The zero-order valence-electron chi connectivity index (χ0n) is 27.1. The van der Waals surface area contributed by atoms with Crippen LogP contribution in [0.4, 0.5) is 0 Å². The van der Waals surface area contributed by atoms with Crippen molar-refractivity contribution in [2.45, 2.75) is 70.3 Å². The van der Waals surface area contributed by atoms with Gasteiger partial charge in [-0.05, 0) is 54.9 Å². The van der Waals surface area contributed by atoms with E-state index in [1.54, 1.807) is 21.3 Å². The number of ether oxygens (including phenoxy) is 3. The minimum absolute atomic E-state index is 0.478. The second-order valence-corrected chi connectivity index (χ2v) is 12.5. The summed E-state index contributed by atoms with van der Waals surface area (Å²) in [5.41, 5.74) is 4.13. The molecule has 0 aromatic heterocycles. The molecule has 0 spiro atoms. The molecule has 0 aliphatic carbocycles. The third kappa shape index (κ3) is 14.0. The summed E-state index contributed by atoms with van der Waals surface area (Å²) >= 11 is 0. The van der Waals surface area contributed by atoms with E-state index in [4.69, 9.17) is 14.2 Å². The van der Waals surface area contributed by atoms with E-state index in [0.717, 1.165) is 34.4 Å². The second kappa shape index (κ2) is 18.5. The van der Waals surface area contributed by atoms with Crippen LogP contribution in [-0.4, -0.2) is 60.7 Å². The van der Waals surface area contributed by atoms with Crippen LogP contribution in [-0.2, 0) is 12.6 Å². The highest BCUT2D eigenvalue weighted by molar-refractivity contribution is 6.59. The number of quaternary nitrogens is 1. The van der Waals surface area contributed by atoms with Crippen LogP contribution in [0.15, 0.2) is 72.8 Å². The Balaban J connectivity index is 0.00000108. The molecule has 0 saturated heterocycles. The molecule has 0 amide bonds. The summed E-state index contributed by atoms with van der Waals surface area (Å²) < 4.78 is 17.3. The Bertz CT molecular complexity index is 1020. The average Bonchev–Trinajstić information content (AvgIpc) is 2.96. The zero-order chi connectivity index (χ0) is 30.1.